The summed E-state index contributed by atoms with van der Waals surface area (Å²) in [5.74, 6) is 0.0418. The zero-order chi connectivity index (χ0) is 22.5. The lowest BCUT2D eigenvalue weighted by molar-refractivity contribution is -0.0586. The van der Waals surface area contributed by atoms with Crippen LogP contribution in [0.1, 0.15) is 33.1 Å². The number of nitrogens with zero attached hydrogens (tertiary/aromatic N) is 5. The Morgan fingerprint density at radius 3 is 2.69 bits per heavy atom. The predicted octanol–water partition coefficient (Wildman–Crippen LogP) is 3.74. The summed E-state index contributed by atoms with van der Waals surface area (Å²) >= 11 is 0. The minimum atomic E-state index is -1.14. The lowest BCUT2D eigenvalue weighted by atomic mass is 9.68. The average molecular weight is 439 g/mol. The molecule has 0 aliphatic heterocycles. The third kappa shape index (κ3) is 3.40. The number of aromatic hydroxyl groups is 1. The number of phenols is 1. The molecule has 5 atom stereocenters. The topological polar surface area (TPSA) is 95.2 Å². The number of aromatic nitrogens is 5. The van der Waals surface area contributed by atoms with Gasteiger partial charge in [-0.1, -0.05) is 18.9 Å². The van der Waals surface area contributed by atoms with Gasteiger partial charge >= 0.3 is 6.01 Å². The van der Waals surface area contributed by atoms with Crippen molar-refractivity contribution in [2.24, 2.45) is 10.8 Å². The van der Waals surface area contributed by atoms with Crippen LogP contribution in [-0.4, -0.2) is 55.3 Å². The molecule has 0 radical (unpaired) electrons. The molecule has 168 valence electrons. The molecule has 9 heteroatoms. The summed E-state index contributed by atoms with van der Waals surface area (Å²) in [5, 5.41) is 18.7. The predicted molar refractivity (Wildman–Crippen MR) is 114 cm³/mol. The van der Waals surface area contributed by atoms with Crippen LogP contribution in [0.4, 0.5) is 4.39 Å². The molecule has 32 heavy (non-hydrogen) atoms. The lowest BCUT2D eigenvalue weighted by Gasteiger charge is -2.42. The maximum Gasteiger partial charge on any atom is 0.336 e. The van der Waals surface area contributed by atoms with Crippen LogP contribution < -0.4 is 4.74 Å². The van der Waals surface area contributed by atoms with Gasteiger partial charge in [-0.3, -0.25) is 0 Å². The molecule has 2 heterocycles. The Bertz CT molecular complexity index is 1110. The van der Waals surface area contributed by atoms with E-state index in [2.05, 4.69) is 27.1 Å². The Labute approximate surface area is 185 Å². The number of rotatable bonds is 5. The van der Waals surface area contributed by atoms with E-state index in [1.54, 1.807) is 42.5 Å². The highest BCUT2D eigenvalue weighted by Gasteiger charge is 2.61. The Hall–Kier alpha value is -3.07. The van der Waals surface area contributed by atoms with Crippen LogP contribution in [0.25, 0.3) is 16.9 Å². The summed E-state index contributed by atoms with van der Waals surface area (Å²) in [6.07, 6.45) is 6.75. The van der Waals surface area contributed by atoms with Gasteiger partial charge in [-0.2, -0.15) is 0 Å². The number of methoxy groups -OCH3 is 1. The molecule has 0 unspecified atom stereocenters. The molecule has 2 fully saturated rings. The quantitative estimate of drug-likeness (QED) is 0.647. The third-order valence-corrected chi connectivity index (χ3v) is 7.04. The molecule has 2 aliphatic carbocycles. The molecule has 2 aromatic heterocycles. The van der Waals surface area contributed by atoms with Crippen LogP contribution in [0.15, 0.2) is 43.1 Å². The van der Waals surface area contributed by atoms with Gasteiger partial charge in [-0.25, -0.2) is 14.4 Å². The zero-order valence-electron chi connectivity index (χ0n) is 18.3. The van der Waals surface area contributed by atoms with Crippen molar-refractivity contribution < 1.29 is 19.0 Å². The maximum absolute atomic E-state index is 15.3. The second kappa shape index (κ2) is 7.51. The third-order valence-electron chi connectivity index (χ3n) is 7.04. The lowest BCUT2D eigenvalue weighted by Crippen LogP contribution is -2.47. The highest BCUT2D eigenvalue weighted by Crippen LogP contribution is 2.60. The summed E-state index contributed by atoms with van der Waals surface area (Å²) in [6, 6.07) is 5.21. The van der Waals surface area contributed by atoms with Gasteiger partial charge in [0, 0.05) is 36.5 Å². The molecule has 2 bridgehead atoms. The van der Waals surface area contributed by atoms with E-state index in [1.165, 1.54) is 6.20 Å². The molecule has 0 spiro atoms. The first-order chi connectivity index (χ1) is 15.3. The molecule has 2 saturated carbocycles. The monoisotopic (exact) mass is 439 g/mol. The highest BCUT2D eigenvalue weighted by atomic mass is 19.1. The largest absolute Gasteiger partial charge is 0.507 e. The Morgan fingerprint density at radius 1 is 1.19 bits per heavy atom. The van der Waals surface area contributed by atoms with Crippen LogP contribution in [0.5, 0.6) is 11.8 Å². The van der Waals surface area contributed by atoms with Crippen LogP contribution in [0.3, 0.4) is 0 Å². The van der Waals surface area contributed by atoms with E-state index < -0.39 is 17.7 Å². The molecule has 1 N–H and O–H groups in total. The summed E-state index contributed by atoms with van der Waals surface area (Å²) in [6.45, 7) is 4.09. The van der Waals surface area contributed by atoms with E-state index in [4.69, 9.17) is 9.47 Å². The number of alkyl halides is 1. The van der Waals surface area contributed by atoms with Gasteiger partial charge in [0.25, 0.3) is 0 Å². The van der Waals surface area contributed by atoms with Crippen LogP contribution in [0, 0.1) is 10.8 Å². The molecule has 1 aromatic carbocycles. The number of hydrogen-bond donors (Lipinski definition) is 1. The first kappa shape index (κ1) is 20.8. The Balaban J connectivity index is 1.34. The van der Waals surface area contributed by atoms with Crippen molar-refractivity contribution in [3.63, 3.8) is 0 Å². The minimum Gasteiger partial charge on any atom is -0.507 e. The van der Waals surface area contributed by atoms with Gasteiger partial charge in [0.1, 0.15) is 23.7 Å². The Kier molecular flexibility index (Phi) is 4.88. The first-order valence-electron chi connectivity index (χ1n) is 10.7. The molecule has 8 nitrogen and oxygen atoms in total. The van der Waals surface area contributed by atoms with Crippen molar-refractivity contribution in [3.05, 3.63) is 43.1 Å². The smallest absolute Gasteiger partial charge is 0.336 e. The summed E-state index contributed by atoms with van der Waals surface area (Å²) in [7, 11) is 1.69. The summed E-state index contributed by atoms with van der Waals surface area (Å²) in [4.78, 5) is 8.24. The summed E-state index contributed by atoms with van der Waals surface area (Å²) in [5.41, 5.74) is 1.01. The van der Waals surface area contributed by atoms with Gasteiger partial charge in [0.05, 0.1) is 24.3 Å². The van der Waals surface area contributed by atoms with Gasteiger partial charge in [0.15, 0.2) is 0 Å². The fourth-order valence-electron chi connectivity index (χ4n) is 5.56. The first-order valence-corrected chi connectivity index (χ1v) is 10.7. The molecular formula is C23H26FN5O3. The van der Waals surface area contributed by atoms with Gasteiger partial charge in [-0.05, 0) is 36.8 Å². The number of halogens is 1. The van der Waals surface area contributed by atoms with E-state index in [1.807, 2.05) is 13.0 Å². The molecule has 0 saturated heterocycles. The van der Waals surface area contributed by atoms with Gasteiger partial charge < -0.3 is 19.1 Å². The van der Waals surface area contributed by atoms with Crippen molar-refractivity contribution in [1.82, 2.24) is 24.7 Å². The number of benzene rings is 1. The van der Waals surface area contributed by atoms with Crippen molar-refractivity contribution in [2.75, 3.05) is 7.11 Å². The highest BCUT2D eigenvalue weighted by molar-refractivity contribution is 5.67. The molecule has 5 rings (SSSR count). The minimum absolute atomic E-state index is 0.00837. The van der Waals surface area contributed by atoms with Crippen LogP contribution >= 0.6 is 0 Å². The Morgan fingerprint density at radius 2 is 2.03 bits per heavy atom. The van der Waals surface area contributed by atoms with Crippen LogP contribution in [-0.2, 0) is 4.74 Å². The SMILES string of the molecule is CO[C@H]1C[C@]2(C)C[C@@]1(C)C[C@@H](Oc1ncc(-c3ccc(-n4ccnc4)cc3O)nn1)[C@@H]2F. The van der Waals surface area contributed by atoms with Crippen molar-refractivity contribution in [3.8, 4) is 28.7 Å². The van der Waals surface area contributed by atoms with E-state index in [-0.39, 0.29) is 23.3 Å². The van der Waals surface area contributed by atoms with E-state index in [0.29, 0.717) is 24.1 Å². The normalized spacial score (nSPS) is 31.6. The number of imidazole rings is 1. The van der Waals surface area contributed by atoms with Crippen molar-refractivity contribution >= 4 is 0 Å². The molecule has 0 amide bonds. The van der Waals surface area contributed by atoms with E-state index in [0.717, 1.165) is 12.1 Å². The van der Waals surface area contributed by atoms with Crippen molar-refractivity contribution in [1.29, 1.82) is 0 Å². The number of fused-ring (bicyclic) bond motifs is 2. The fourth-order valence-corrected chi connectivity index (χ4v) is 5.56. The second-order valence-electron chi connectivity index (χ2n) is 9.47. The summed E-state index contributed by atoms with van der Waals surface area (Å²) < 4.78 is 28.7. The van der Waals surface area contributed by atoms with Crippen LogP contribution in [0.2, 0.25) is 0 Å². The standard InChI is InChI=1S/C23H26FN5O3/c1-22-9-18(20(24)23(2,12-22)10-19(22)31-3)32-21-26-11-16(27-28-21)15-5-4-14(8-17(15)30)29-7-6-25-13-29/h4-8,11,13,18-20,30H,9-10,12H2,1-3H3/t18-,19+,20+,22-,23-/m1/s1. The fraction of sp³-hybridized carbons (Fsp3) is 0.478. The number of hydrogen-bond acceptors (Lipinski definition) is 7. The average Bonchev–Trinajstić information content (AvgIpc) is 3.38. The molecule has 3 aromatic rings. The van der Waals surface area contributed by atoms with Gasteiger partial charge in [0.2, 0.25) is 0 Å². The second-order valence-corrected chi connectivity index (χ2v) is 9.47. The maximum atomic E-state index is 15.3. The number of phenolic OH excluding ortho intramolecular Hbond substituents is 1. The zero-order valence-corrected chi connectivity index (χ0v) is 18.3. The molecule has 2 aliphatic rings. The van der Waals surface area contributed by atoms with Crippen molar-refractivity contribution in [2.45, 2.75) is 51.5 Å². The van der Waals surface area contributed by atoms with Gasteiger partial charge in [-0.15, -0.1) is 5.10 Å². The number of ether oxygens (including phenoxy) is 2. The molecular weight excluding hydrogens is 413 g/mol. The van der Waals surface area contributed by atoms with E-state index in [9.17, 15) is 5.11 Å². The van der Waals surface area contributed by atoms with E-state index >= 15 is 4.39 Å².